The predicted octanol–water partition coefficient (Wildman–Crippen LogP) is 3.12. The van der Waals surface area contributed by atoms with Gasteiger partial charge in [0.1, 0.15) is 23.8 Å². The zero-order chi connectivity index (χ0) is 37.5. The van der Waals surface area contributed by atoms with Crippen LogP contribution in [-0.4, -0.2) is 80.9 Å². The second-order valence-corrected chi connectivity index (χ2v) is 15.2. The first-order valence-electron chi connectivity index (χ1n) is 18.0. The summed E-state index contributed by atoms with van der Waals surface area (Å²) in [5, 5.41) is 11.2. The molecule has 13 nitrogen and oxygen atoms in total. The average Bonchev–Trinajstić information content (AvgIpc) is 3.70. The van der Waals surface area contributed by atoms with Crippen molar-refractivity contribution in [1.82, 2.24) is 36.1 Å². The maximum atomic E-state index is 14.5. The Kier molecular flexibility index (Phi) is 13.1. The van der Waals surface area contributed by atoms with Crippen molar-refractivity contribution in [3.8, 4) is 0 Å². The molecule has 4 rings (SSSR count). The molecule has 7 atom stereocenters. The zero-order valence-electron chi connectivity index (χ0n) is 30.8. The van der Waals surface area contributed by atoms with Crippen molar-refractivity contribution in [1.29, 1.82) is 0 Å². The van der Waals surface area contributed by atoms with E-state index in [1.807, 2.05) is 58.0 Å². The van der Waals surface area contributed by atoms with E-state index in [9.17, 15) is 28.8 Å². The van der Waals surface area contributed by atoms with Crippen molar-refractivity contribution in [2.45, 2.75) is 111 Å². The molecule has 1 saturated heterocycles. The monoisotopic (exact) mass is 703 g/mol. The maximum absolute atomic E-state index is 14.5. The third-order valence-corrected chi connectivity index (χ3v) is 9.95. The molecular formula is C38H53N7O6. The number of fused-ring (bicyclic) bond motifs is 1. The molecule has 5 amide bonds. The summed E-state index contributed by atoms with van der Waals surface area (Å²) >= 11 is 0. The number of ketones is 1. The number of rotatable bonds is 14. The fourth-order valence-corrected chi connectivity index (χ4v) is 7.15. The second-order valence-electron chi connectivity index (χ2n) is 15.2. The number of carbonyl (C=O) groups excluding carboxylic acids is 6. The number of carbonyl (C=O) groups is 6. The Hall–Kier alpha value is -4.68. The van der Waals surface area contributed by atoms with Crippen molar-refractivity contribution < 1.29 is 28.8 Å². The summed E-state index contributed by atoms with van der Waals surface area (Å²) in [6, 6.07) is 4.91. The van der Waals surface area contributed by atoms with E-state index in [2.05, 4.69) is 31.2 Å². The van der Waals surface area contributed by atoms with Gasteiger partial charge in [0, 0.05) is 18.9 Å². The predicted molar refractivity (Wildman–Crippen MR) is 191 cm³/mol. The molecule has 13 heteroatoms. The molecule has 1 aliphatic carbocycles. The molecular weight excluding hydrogens is 650 g/mol. The van der Waals surface area contributed by atoms with Crippen molar-refractivity contribution >= 4 is 35.3 Å². The molecule has 276 valence electrons. The van der Waals surface area contributed by atoms with Gasteiger partial charge in [-0.15, -0.1) is 0 Å². The lowest BCUT2D eigenvalue weighted by molar-refractivity contribution is -0.146. The van der Waals surface area contributed by atoms with Crippen LogP contribution >= 0.6 is 0 Å². The number of nitrogens with zero attached hydrogens (tertiary/aromatic N) is 3. The molecule has 1 aliphatic heterocycles. The van der Waals surface area contributed by atoms with E-state index < -0.39 is 70.9 Å². The molecule has 1 saturated carbocycles. The molecule has 1 unspecified atom stereocenters. The molecule has 0 spiro atoms. The van der Waals surface area contributed by atoms with Crippen LogP contribution in [0.3, 0.4) is 0 Å². The number of hydrogen-bond donors (Lipinski definition) is 4. The van der Waals surface area contributed by atoms with Crippen LogP contribution in [0.2, 0.25) is 0 Å². The number of nitrogens with one attached hydrogen (secondary N) is 4. The van der Waals surface area contributed by atoms with Crippen LogP contribution in [0.15, 0.2) is 48.9 Å². The molecule has 1 aromatic heterocycles. The normalized spacial score (nSPS) is 20.8. The number of Topliss-reactive ketones (excluding diaryl/α,β-unsaturated/α-hetero) is 1. The third kappa shape index (κ3) is 9.56. The number of aromatic nitrogens is 2. The first kappa shape index (κ1) is 39.1. The minimum absolute atomic E-state index is 0.0555. The van der Waals surface area contributed by atoms with Crippen LogP contribution < -0.4 is 21.3 Å². The molecule has 2 aliphatic rings. The van der Waals surface area contributed by atoms with E-state index in [0.29, 0.717) is 13.0 Å². The molecule has 4 N–H and O–H groups in total. The molecule has 51 heavy (non-hydrogen) atoms. The van der Waals surface area contributed by atoms with Crippen LogP contribution in [-0.2, 0) is 24.0 Å². The van der Waals surface area contributed by atoms with Crippen LogP contribution in [0.1, 0.15) is 103 Å². The van der Waals surface area contributed by atoms with Gasteiger partial charge in [0.25, 0.3) is 11.8 Å². The van der Waals surface area contributed by atoms with Gasteiger partial charge in [0.05, 0.1) is 18.3 Å². The third-order valence-electron chi connectivity index (χ3n) is 9.95. The van der Waals surface area contributed by atoms with Gasteiger partial charge < -0.3 is 26.2 Å². The minimum atomic E-state index is -1.06. The van der Waals surface area contributed by atoms with Crippen LogP contribution in [0, 0.1) is 23.2 Å². The van der Waals surface area contributed by atoms with Gasteiger partial charge in [-0.3, -0.25) is 33.8 Å². The summed E-state index contributed by atoms with van der Waals surface area (Å²) in [5.41, 5.74) is 0.131. The summed E-state index contributed by atoms with van der Waals surface area (Å²) in [5.74, 6) is -3.90. The van der Waals surface area contributed by atoms with Gasteiger partial charge in [-0.1, -0.05) is 84.7 Å². The van der Waals surface area contributed by atoms with E-state index in [4.69, 9.17) is 0 Å². The lowest BCUT2D eigenvalue weighted by Crippen LogP contribution is -2.62. The summed E-state index contributed by atoms with van der Waals surface area (Å²) in [6.07, 6.45) is 7.43. The van der Waals surface area contributed by atoms with Crippen molar-refractivity contribution in [2.24, 2.45) is 23.2 Å². The standard InChI is InChI=1S/C38H53N7O6/c1-8-13-27(31(46)36(50)41-23(4)24-14-10-9-11-15-24)42-35(49)30-26-17-12-16-25(26)21-45(30)37(51)32(38(5,6)7)44-34(48)29(22(2)3)43-33(47)28-20-39-18-19-40-28/h9-11,14-15,18-20,22-23,25-27,29-30,32H,8,12-13,16-17,21H2,1-7H3,(H,41,50)(H,42,49)(H,43,47)(H,44,48)/t23-,25-,26-,27?,29-,30-,32+/m0/s1. The van der Waals surface area contributed by atoms with Gasteiger partial charge in [-0.05, 0) is 54.9 Å². The van der Waals surface area contributed by atoms with Crippen LogP contribution in [0.5, 0.6) is 0 Å². The number of hydrogen-bond acceptors (Lipinski definition) is 8. The summed E-state index contributed by atoms with van der Waals surface area (Å²) in [6.45, 7) is 13.0. The van der Waals surface area contributed by atoms with E-state index in [0.717, 1.165) is 24.8 Å². The zero-order valence-corrected chi connectivity index (χ0v) is 30.8. The van der Waals surface area contributed by atoms with Gasteiger partial charge >= 0.3 is 0 Å². The van der Waals surface area contributed by atoms with Crippen LogP contribution in [0.4, 0.5) is 0 Å². The highest BCUT2D eigenvalue weighted by Crippen LogP contribution is 2.43. The first-order valence-corrected chi connectivity index (χ1v) is 18.0. The van der Waals surface area contributed by atoms with E-state index in [-0.39, 0.29) is 29.9 Å². The Morgan fingerprint density at radius 1 is 0.922 bits per heavy atom. The number of amides is 5. The Balaban J connectivity index is 1.52. The fraction of sp³-hybridized carbons (Fsp3) is 0.579. The van der Waals surface area contributed by atoms with Crippen molar-refractivity contribution in [3.05, 3.63) is 60.2 Å². The molecule has 0 radical (unpaired) electrons. The highest BCUT2D eigenvalue weighted by Gasteiger charge is 2.52. The minimum Gasteiger partial charge on any atom is -0.344 e. The van der Waals surface area contributed by atoms with Crippen molar-refractivity contribution in [2.75, 3.05) is 6.54 Å². The summed E-state index contributed by atoms with van der Waals surface area (Å²) in [7, 11) is 0. The second kappa shape index (κ2) is 17.0. The molecule has 2 fully saturated rings. The maximum Gasteiger partial charge on any atom is 0.290 e. The van der Waals surface area contributed by atoms with Gasteiger partial charge in [0.2, 0.25) is 23.5 Å². The van der Waals surface area contributed by atoms with E-state index >= 15 is 0 Å². The Bertz CT molecular complexity index is 1560. The fourth-order valence-electron chi connectivity index (χ4n) is 7.15. The SMILES string of the molecule is CCCC(NC(=O)[C@@H]1[C@H]2CCC[C@H]2CN1C(=O)[C@@H](NC(=O)[C@@H](NC(=O)c1cnccn1)C(C)C)C(C)(C)C)C(=O)C(=O)N[C@@H](C)c1ccccc1. The van der Waals surface area contributed by atoms with Crippen molar-refractivity contribution in [3.63, 3.8) is 0 Å². The number of benzene rings is 1. The molecule has 2 heterocycles. The average molecular weight is 704 g/mol. The topological polar surface area (TPSA) is 180 Å². The number of likely N-dealkylation sites (tertiary alicyclic amines) is 1. The van der Waals surface area contributed by atoms with Gasteiger partial charge in [-0.25, -0.2) is 4.98 Å². The first-order chi connectivity index (χ1) is 24.1. The van der Waals surface area contributed by atoms with Crippen LogP contribution in [0.25, 0.3) is 0 Å². The molecule has 0 bridgehead atoms. The highest BCUT2D eigenvalue weighted by atomic mass is 16.2. The lowest BCUT2D eigenvalue weighted by Gasteiger charge is -2.37. The lowest BCUT2D eigenvalue weighted by atomic mass is 9.85. The van der Waals surface area contributed by atoms with E-state index in [1.54, 1.807) is 25.7 Å². The molecule has 1 aromatic carbocycles. The largest absolute Gasteiger partial charge is 0.344 e. The van der Waals surface area contributed by atoms with E-state index in [1.165, 1.54) is 18.6 Å². The Morgan fingerprint density at radius 3 is 2.24 bits per heavy atom. The summed E-state index contributed by atoms with van der Waals surface area (Å²) < 4.78 is 0. The summed E-state index contributed by atoms with van der Waals surface area (Å²) in [4.78, 5) is 91.4. The highest BCUT2D eigenvalue weighted by molar-refractivity contribution is 6.38. The quantitative estimate of drug-likeness (QED) is 0.217. The molecule has 2 aromatic rings. The Labute approximate surface area is 300 Å². The van der Waals surface area contributed by atoms with Gasteiger partial charge in [-0.2, -0.15) is 0 Å². The Morgan fingerprint density at radius 2 is 1.63 bits per heavy atom. The van der Waals surface area contributed by atoms with Gasteiger partial charge in [0.15, 0.2) is 0 Å². The smallest absolute Gasteiger partial charge is 0.290 e.